The van der Waals surface area contributed by atoms with Gasteiger partial charge < -0.3 is 4.57 Å². The van der Waals surface area contributed by atoms with Crippen LogP contribution in [0, 0.1) is 6.92 Å². The molecule has 0 spiro atoms. The molecule has 0 radical (unpaired) electrons. The van der Waals surface area contributed by atoms with Gasteiger partial charge in [0, 0.05) is 16.6 Å². The Kier molecular flexibility index (Phi) is 6.80. The van der Waals surface area contributed by atoms with E-state index in [4.69, 9.17) is 0 Å². The summed E-state index contributed by atoms with van der Waals surface area (Å²) in [5, 5.41) is 1.24. The van der Waals surface area contributed by atoms with Gasteiger partial charge in [-0.05, 0) is 72.0 Å². The average Bonchev–Trinajstić information content (AvgIpc) is 3.30. The lowest BCUT2D eigenvalue weighted by Gasteiger charge is -2.11. The molecule has 0 saturated heterocycles. The Morgan fingerprint density at radius 1 is 0.538 bits per heavy atom. The van der Waals surface area contributed by atoms with Crippen LogP contribution in [-0.4, -0.2) is 4.57 Å². The van der Waals surface area contributed by atoms with Gasteiger partial charge in [0.1, 0.15) is 0 Å². The fourth-order valence-electron chi connectivity index (χ4n) is 5.24. The molecule has 6 rings (SSSR count). The monoisotopic (exact) mass is 501 g/mol. The van der Waals surface area contributed by atoms with Crippen molar-refractivity contribution in [2.24, 2.45) is 0 Å². The van der Waals surface area contributed by atoms with E-state index in [0.29, 0.717) is 0 Å². The zero-order valence-electron chi connectivity index (χ0n) is 22.4. The molecule has 1 heterocycles. The molecule has 0 aliphatic heterocycles. The zero-order valence-corrected chi connectivity index (χ0v) is 22.4. The van der Waals surface area contributed by atoms with E-state index in [1.54, 1.807) is 0 Å². The maximum Gasteiger partial charge on any atom is 0.0541 e. The maximum absolute atomic E-state index is 2.37. The molecule has 0 atom stereocenters. The molecular weight excluding hydrogens is 470 g/mol. The highest BCUT2D eigenvalue weighted by atomic mass is 15.0. The highest BCUT2D eigenvalue weighted by Crippen LogP contribution is 2.33. The largest absolute Gasteiger partial charge is 0.309 e. The van der Waals surface area contributed by atoms with Gasteiger partial charge in [0.05, 0.1) is 11.2 Å². The lowest BCUT2D eigenvalue weighted by atomic mass is 10.0. The summed E-state index contributed by atoms with van der Waals surface area (Å²) in [5.74, 6) is 0. The predicted molar refractivity (Wildman–Crippen MR) is 169 cm³/mol. The van der Waals surface area contributed by atoms with Gasteiger partial charge in [0.25, 0.3) is 0 Å². The van der Waals surface area contributed by atoms with Crippen molar-refractivity contribution in [3.63, 3.8) is 0 Å². The van der Waals surface area contributed by atoms with E-state index in [0.717, 1.165) is 5.69 Å². The zero-order chi connectivity index (χ0) is 26.6. The lowest BCUT2D eigenvalue weighted by Crippen LogP contribution is -1.97. The van der Waals surface area contributed by atoms with Crippen LogP contribution in [0.15, 0.2) is 133 Å². The Balaban J connectivity index is 1.43. The number of rotatable bonds is 6. The van der Waals surface area contributed by atoms with Crippen molar-refractivity contribution in [2.45, 2.75) is 13.8 Å². The molecule has 1 aromatic heterocycles. The second kappa shape index (κ2) is 10.8. The maximum atomic E-state index is 2.37. The predicted octanol–water partition coefficient (Wildman–Crippen LogP) is 10.5. The van der Waals surface area contributed by atoms with Crippen LogP contribution in [0.25, 0.3) is 57.1 Å². The molecule has 0 N–H and O–H groups in total. The van der Waals surface area contributed by atoms with Crippen LogP contribution in [0.5, 0.6) is 0 Å². The molecule has 0 bridgehead atoms. The summed E-state index contributed by atoms with van der Waals surface area (Å²) in [6.45, 7) is 4.21. The topological polar surface area (TPSA) is 4.93 Å². The van der Waals surface area contributed by atoms with E-state index in [1.165, 1.54) is 55.5 Å². The van der Waals surface area contributed by atoms with E-state index in [9.17, 15) is 0 Å². The molecule has 0 saturated carbocycles. The van der Waals surface area contributed by atoms with Crippen LogP contribution < -0.4 is 0 Å². The van der Waals surface area contributed by atoms with E-state index in [2.05, 4.69) is 170 Å². The van der Waals surface area contributed by atoms with Crippen LogP contribution in [0.2, 0.25) is 0 Å². The van der Waals surface area contributed by atoms with Gasteiger partial charge in [-0.1, -0.05) is 127 Å². The third kappa shape index (κ3) is 5.00. The number of benzene rings is 5. The Hall–Kier alpha value is -4.88. The Morgan fingerprint density at radius 2 is 1.18 bits per heavy atom. The van der Waals surface area contributed by atoms with Crippen molar-refractivity contribution in [2.75, 3.05) is 0 Å². The molecule has 188 valence electrons. The second-order valence-electron chi connectivity index (χ2n) is 9.89. The Bertz CT molecular complexity index is 1780. The minimum atomic E-state index is 1.15. The van der Waals surface area contributed by atoms with Crippen LogP contribution in [0.4, 0.5) is 0 Å². The van der Waals surface area contributed by atoms with Crippen molar-refractivity contribution in [1.82, 2.24) is 4.57 Å². The number of aromatic nitrogens is 1. The first-order chi connectivity index (χ1) is 19.2. The molecule has 1 nitrogen and oxygen atoms in total. The summed E-state index contributed by atoms with van der Waals surface area (Å²) in [6, 6.07) is 45.6. The van der Waals surface area contributed by atoms with Gasteiger partial charge in [-0.25, -0.2) is 0 Å². The van der Waals surface area contributed by atoms with Crippen LogP contribution in [0.3, 0.4) is 0 Å². The first-order valence-electron chi connectivity index (χ1n) is 13.5. The number of para-hydroxylation sites is 1. The van der Waals surface area contributed by atoms with Crippen LogP contribution in [-0.2, 0) is 0 Å². The molecule has 0 aliphatic carbocycles. The van der Waals surface area contributed by atoms with Crippen molar-refractivity contribution in [3.8, 4) is 27.9 Å². The second-order valence-corrected chi connectivity index (χ2v) is 9.89. The Labute approximate surface area is 231 Å². The standard InChI is InChI=1S/C38H31N/c1-3-10-37-36(26-19-29-11-9-14-33(27-29)32-20-17-28(2)18-21-32)35-15-7-8-16-38(35)39(37)34-24-22-31(23-25-34)30-12-5-4-6-13-30/h3-27H,1-2H3/b10-3-,26-19+. The smallest absolute Gasteiger partial charge is 0.0541 e. The summed E-state index contributed by atoms with van der Waals surface area (Å²) in [6.07, 6.45) is 8.84. The van der Waals surface area contributed by atoms with E-state index < -0.39 is 0 Å². The van der Waals surface area contributed by atoms with Gasteiger partial charge in [-0.3, -0.25) is 0 Å². The summed E-state index contributed by atoms with van der Waals surface area (Å²) >= 11 is 0. The van der Waals surface area contributed by atoms with E-state index in [1.807, 2.05) is 0 Å². The fraction of sp³-hybridized carbons (Fsp3) is 0.0526. The van der Waals surface area contributed by atoms with Gasteiger partial charge in [0.15, 0.2) is 0 Å². The number of allylic oxidation sites excluding steroid dienone is 1. The van der Waals surface area contributed by atoms with Crippen molar-refractivity contribution in [1.29, 1.82) is 0 Å². The number of aryl methyl sites for hydroxylation is 1. The average molecular weight is 502 g/mol. The SMILES string of the molecule is C/C=C\c1c(/C=C/c2cccc(-c3ccc(C)cc3)c2)c2ccccc2n1-c1ccc(-c2ccccc2)cc1. The minimum Gasteiger partial charge on any atom is -0.309 e. The molecule has 0 fully saturated rings. The summed E-state index contributed by atoms with van der Waals surface area (Å²) < 4.78 is 2.37. The molecule has 0 unspecified atom stereocenters. The van der Waals surface area contributed by atoms with Crippen LogP contribution >= 0.6 is 0 Å². The van der Waals surface area contributed by atoms with Gasteiger partial charge in [0.2, 0.25) is 0 Å². The molecule has 5 aromatic carbocycles. The number of fused-ring (bicyclic) bond motifs is 1. The first-order valence-corrected chi connectivity index (χ1v) is 13.5. The van der Waals surface area contributed by atoms with Crippen molar-refractivity contribution >= 4 is 29.1 Å². The summed E-state index contributed by atoms with van der Waals surface area (Å²) in [4.78, 5) is 0. The number of nitrogens with zero attached hydrogens (tertiary/aromatic N) is 1. The Morgan fingerprint density at radius 3 is 1.95 bits per heavy atom. The molecule has 6 aromatic rings. The van der Waals surface area contributed by atoms with E-state index >= 15 is 0 Å². The quantitative estimate of drug-likeness (QED) is 0.214. The van der Waals surface area contributed by atoms with Gasteiger partial charge in [-0.15, -0.1) is 0 Å². The fourth-order valence-corrected chi connectivity index (χ4v) is 5.24. The molecule has 39 heavy (non-hydrogen) atoms. The summed E-state index contributed by atoms with van der Waals surface area (Å²) in [7, 11) is 0. The molecule has 0 amide bonds. The first kappa shape index (κ1) is 24.5. The minimum absolute atomic E-state index is 1.15. The number of hydrogen-bond donors (Lipinski definition) is 0. The molecular formula is C38H31N. The summed E-state index contributed by atoms with van der Waals surface area (Å²) in [5.41, 5.74) is 12.1. The number of hydrogen-bond acceptors (Lipinski definition) is 0. The highest BCUT2D eigenvalue weighted by Gasteiger charge is 2.15. The molecule has 1 heteroatoms. The highest BCUT2D eigenvalue weighted by molar-refractivity contribution is 5.97. The van der Waals surface area contributed by atoms with Gasteiger partial charge in [-0.2, -0.15) is 0 Å². The van der Waals surface area contributed by atoms with Crippen LogP contribution in [0.1, 0.15) is 29.3 Å². The van der Waals surface area contributed by atoms with E-state index in [-0.39, 0.29) is 0 Å². The molecule has 0 aliphatic rings. The third-order valence-corrected chi connectivity index (χ3v) is 7.22. The van der Waals surface area contributed by atoms with Gasteiger partial charge >= 0.3 is 0 Å². The third-order valence-electron chi connectivity index (χ3n) is 7.22. The normalized spacial score (nSPS) is 11.6. The lowest BCUT2D eigenvalue weighted by molar-refractivity contribution is 1.10. The van der Waals surface area contributed by atoms with Crippen molar-refractivity contribution < 1.29 is 0 Å². The van der Waals surface area contributed by atoms with Crippen molar-refractivity contribution in [3.05, 3.63) is 156 Å².